The van der Waals surface area contributed by atoms with Crippen LogP contribution in [0.4, 0.5) is 0 Å². The molecule has 0 spiro atoms. The molecule has 0 aromatic heterocycles. The quantitative estimate of drug-likeness (QED) is 0.648. The number of rotatable bonds is 2. The number of benzene rings is 1. The largest absolute Gasteiger partial charge is 0.231 e. The summed E-state index contributed by atoms with van der Waals surface area (Å²) in [5.41, 5.74) is 8.96. The van der Waals surface area contributed by atoms with Crippen LogP contribution in [0.5, 0.6) is 0 Å². The van der Waals surface area contributed by atoms with Crippen molar-refractivity contribution in [3.8, 4) is 0 Å². The van der Waals surface area contributed by atoms with Crippen LogP contribution < -0.4 is 10.9 Å². The Hall–Kier alpha value is -0.860. The Labute approximate surface area is 73.0 Å². The fraction of sp³-hybridized carbons (Fsp3) is 0.400. The summed E-state index contributed by atoms with van der Waals surface area (Å²) in [5.74, 6) is 0. The molecule has 1 fully saturated rings. The van der Waals surface area contributed by atoms with Gasteiger partial charge in [0.2, 0.25) is 0 Å². The van der Waals surface area contributed by atoms with E-state index in [1.807, 2.05) is 0 Å². The fourth-order valence-corrected chi connectivity index (χ4v) is 1.31. The lowest BCUT2D eigenvalue weighted by Crippen LogP contribution is -2.08. The summed E-state index contributed by atoms with van der Waals surface area (Å²) in [6, 6.07) is 8.71. The van der Waals surface area contributed by atoms with Crippen LogP contribution in [0.15, 0.2) is 24.3 Å². The molecule has 12 heavy (non-hydrogen) atoms. The van der Waals surface area contributed by atoms with Gasteiger partial charge in [0.25, 0.3) is 0 Å². The molecule has 0 atom stereocenters. The number of nitrogens with one attached hydrogen (secondary N) is 2. The van der Waals surface area contributed by atoms with Crippen LogP contribution in [0.1, 0.15) is 25.0 Å². The predicted octanol–water partition coefficient (Wildman–Crippen LogP) is 1.53. The van der Waals surface area contributed by atoms with Crippen molar-refractivity contribution in [2.45, 2.75) is 25.9 Å². The number of hydrazine groups is 1. The van der Waals surface area contributed by atoms with Crippen LogP contribution in [-0.2, 0) is 12.1 Å². The van der Waals surface area contributed by atoms with E-state index in [1.54, 1.807) is 0 Å². The van der Waals surface area contributed by atoms with Crippen LogP contribution >= 0.6 is 0 Å². The summed E-state index contributed by atoms with van der Waals surface area (Å²) >= 11 is 0. The van der Waals surface area contributed by atoms with Crippen molar-refractivity contribution in [3.63, 3.8) is 0 Å². The van der Waals surface area contributed by atoms with Gasteiger partial charge in [0.1, 0.15) is 5.66 Å². The number of hydrogen-bond acceptors (Lipinski definition) is 2. The van der Waals surface area contributed by atoms with Crippen molar-refractivity contribution in [1.29, 1.82) is 0 Å². The van der Waals surface area contributed by atoms with Crippen molar-refractivity contribution in [2.24, 2.45) is 0 Å². The molecule has 0 bridgehead atoms. The molecular formula is C10H14N2. The third-order valence-corrected chi connectivity index (χ3v) is 2.44. The molecule has 0 radical (unpaired) electrons. The van der Waals surface area contributed by atoms with E-state index in [0.717, 1.165) is 6.42 Å². The minimum Gasteiger partial charge on any atom is -0.231 e. The van der Waals surface area contributed by atoms with Crippen LogP contribution in [-0.4, -0.2) is 0 Å². The van der Waals surface area contributed by atoms with Crippen LogP contribution in [0.2, 0.25) is 0 Å². The maximum Gasteiger partial charge on any atom is 0.117 e. The van der Waals surface area contributed by atoms with Crippen LogP contribution in [0.25, 0.3) is 0 Å². The van der Waals surface area contributed by atoms with E-state index in [9.17, 15) is 0 Å². The summed E-state index contributed by atoms with van der Waals surface area (Å²) in [6.07, 6.45) is 1.11. The number of hydrogen-bond donors (Lipinski definition) is 2. The Morgan fingerprint density at radius 3 is 2.17 bits per heavy atom. The molecule has 1 heterocycles. The summed E-state index contributed by atoms with van der Waals surface area (Å²) in [4.78, 5) is 0. The Kier molecular flexibility index (Phi) is 1.67. The molecule has 0 saturated carbocycles. The molecule has 1 aliphatic heterocycles. The Morgan fingerprint density at radius 1 is 1.17 bits per heavy atom. The molecule has 2 heteroatoms. The second-order valence-corrected chi connectivity index (χ2v) is 3.43. The molecule has 2 N–H and O–H groups in total. The van der Waals surface area contributed by atoms with Gasteiger partial charge in [-0.1, -0.05) is 31.2 Å². The molecule has 64 valence electrons. The highest BCUT2D eigenvalue weighted by atomic mass is 15.7. The van der Waals surface area contributed by atoms with E-state index >= 15 is 0 Å². The molecule has 1 aromatic carbocycles. The summed E-state index contributed by atoms with van der Waals surface area (Å²) in [6.45, 7) is 4.30. The van der Waals surface area contributed by atoms with Gasteiger partial charge >= 0.3 is 0 Å². The van der Waals surface area contributed by atoms with Gasteiger partial charge in [0, 0.05) is 0 Å². The van der Waals surface area contributed by atoms with Gasteiger partial charge in [0.15, 0.2) is 0 Å². The van der Waals surface area contributed by atoms with Gasteiger partial charge in [-0.15, -0.1) is 0 Å². The zero-order valence-corrected chi connectivity index (χ0v) is 7.52. The molecular weight excluding hydrogens is 148 g/mol. The van der Waals surface area contributed by atoms with E-state index in [-0.39, 0.29) is 5.66 Å². The lowest BCUT2D eigenvalue weighted by Gasteiger charge is -2.05. The monoisotopic (exact) mass is 162 g/mol. The second kappa shape index (κ2) is 2.57. The first kappa shape index (κ1) is 7.77. The van der Waals surface area contributed by atoms with Gasteiger partial charge < -0.3 is 0 Å². The Bertz CT molecular complexity index is 272. The average Bonchev–Trinajstić information content (AvgIpc) is 2.85. The van der Waals surface area contributed by atoms with Gasteiger partial charge in [-0.3, -0.25) is 0 Å². The van der Waals surface area contributed by atoms with E-state index in [2.05, 4.69) is 49.0 Å². The summed E-state index contributed by atoms with van der Waals surface area (Å²) < 4.78 is 0. The van der Waals surface area contributed by atoms with E-state index in [4.69, 9.17) is 0 Å². The standard InChI is InChI=1S/C10H14N2/c1-3-8-4-6-9(7-5-8)10(2)11-12-10/h4-7,11-12H,3H2,1-2H3. The van der Waals surface area contributed by atoms with Crippen molar-refractivity contribution >= 4 is 0 Å². The SMILES string of the molecule is CCc1ccc(C2(C)NN2)cc1. The molecule has 0 unspecified atom stereocenters. The van der Waals surface area contributed by atoms with Gasteiger partial charge in [-0.2, -0.15) is 0 Å². The zero-order valence-electron chi connectivity index (χ0n) is 7.52. The highest BCUT2D eigenvalue weighted by Gasteiger charge is 2.37. The molecule has 1 saturated heterocycles. The first-order chi connectivity index (χ1) is 5.74. The van der Waals surface area contributed by atoms with Crippen molar-refractivity contribution in [2.75, 3.05) is 0 Å². The van der Waals surface area contributed by atoms with Crippen molar-refractivity contribution in [1.82, 2.24) is 10.9 Å². The normalized spacial score (nSPS) is 19.2. The molecule has 2 nitrogen and oxygen atoms in total. The lowest BCUT2D eigenvalue weighted by atomic mass is 10.0. The summed E-state index contributed by atoms with van der Waals surface area (Å²) in [7, 11) is 0. The van der Waals surface area contributed by atoms with Crippen molar-refractivity contribution < 1.29 is 0 Å². The van der Waals surface area contributed by atoms with E-state index < -0.39 is 0 Å². The van der Waals surface area contributed by atoms with Crippen LogP contribution in [0, 0.1) is 0 Å². The third-order valence-electron chi connectivity index (χ3n) is 2.44. The topological polar surface area (TPSA) is 43.9 Å². The second-order valence-electron chi connectivity index (χ2n) is 3.43. The van der Waals surface area contributed by atoms with Crippen LogP contribution in [0.3, 0.4) is 0 Å². The highest BCUT2D eigenvalue weighted by Crippen LogP contribution is 2.24. The minimum absolute atomic E-state index is 0.0340. The van der Waals surface area contributed by atoms with Crippen molar-refractivity contribution in [3.05, 3.63) is 35.4 Å². The first-order valence-corrected chi connectivity index (χ1v) is 4.38. The highest BCUT2D eigenvalue weighted by molar-refractivity contribution is 5.29. The zero-order chi connectivity index (χ0) is 8.60. The van der Waals surface area contributed by atoms with Gasteiger partial charge in [-0.05, 0) is 24.5 Å². The Balaban J connectivity index is 2.25. The maximum absolute atomic E-state index is 3.11. The number of aryl methyl sites for hydroxylation is 1. The Morgan fingerprint density at radius 2 is 1.75 bits per heavy atom. The van der Waals surface area contributed by atoms with E-state index in [0.29, 0.717) is 0 Å². The minimum atomic E-state index is 0.0340. The molecule has 1 aromatic rings. The molecule has 2 rings (SSSR count). The predicted molar refractivity (Wildman–Crippen MR) is 49.4 cm³/mol. The average molecular weight is 162 g/mol. The third kappa shape index (κ3) is 1.24. The first-order valence-electron chi connectivity index (χ1n) is 4.38. The maximum atomic E-state index is 3.11. The van der Waals surface area contributed by atoms with E-state index in [1.165, 1.54) is 11.1 Å². The molecule has 0 aliphatic carbocycles. The fourth-order valence-electron chi connectivity index (χ4n) is 1.31. The summed E-state index contributed by atoms with van der Waals surface area (Å²) in [5, 5.41) is 0. The van der Waals surface area contributed by atoms with Gasteiger partial charge in [-0.25, -0.2) is 10.9 Å². The smallest absolute Gasteiger partial charge is 0.117 e. The molecule has 1 aliphatic rings. The lowest BCUT2D eigenvalue weighted by molar-refractivity contribution is 0.735. The van der Waals surface area contributed by atoms with Gasteiger partial charge in [0.05, 0.1) is 0 Å². The molecule has 0 amide bonds.